The zero-order valence-electron chi connectivity index (χ0n) is 23.4. The van der Waals surface area contributed by atoms with Gasteiger partial charge in [0.25, 0.3) is 5.91 Å². The molecular formula is C29H29N3O10S. The van der Waals surface area contributed by atoms with E-state index in [1.807, 2.05) is 30.3 Å². The van der Waals surface area contributed by atoms with Crippen molar-refractivity contribution in [2.24, 2.45) is 0 Å². The third kappa shape index (κ3) is 8.54. The molecule has 0 fully saturated rings. The fourth-order valence-corrected chi connectivity index (χ4v) is 4.44. The maximum Gasteiger partial charge on any atom is 0.365 e. The van der Waals surface area contributed by atoms with Crippen LogP contribution in [0.5, 0.6) is 17.2 Å². The highest BCUT2D eigenvalue weighted by molar-refractivity contribution is 7.90. The molecule has 1 heterocycles. The fraction of sp³-hybridized carbons (Fsp3) is 0.207. The number of nitrogens with one attached hydrogen (secondary N) is 3. The van der Waals surface area contributed by atoms with Gasteiger partial charge in [-0.15, -0.1) is 0 Å². The van der Waals surface area contributed by atoms with Gasteiger partial charge in [-0.25, -0.2) is 23.4 Å². The summed E-state index contributed by atoms with van der Waals surface area (Å²) in [6.45, 7) is 2.96. The van der Waals surface area contributed by atoms with E-state index in [1.54, 1.807) is 37.3 Å². The van der Waals surface area contributed by atoms with E-state index in [2.05, 4.69) is 30.6 Å². The van der Waals surface area contributed by atoms with Crippen molar-refractivity contribution in [3.8, 4) is 17.2 Å². The van der Waals surface area contributed by atoms with E-state index in [-0.39, 0.29) is 23.6 Å². The minimum absolute atomic E-state index is 0.140. The second-order valence-corrected chi connectivity index (χ2v) is 11.3. The maximum atomic E-state index is 13.0. The van der Waals surface area contributed by atoms with Crippen LogP contribution in [-0.2, 0) is 40.8 Å². The molecule has 4 rings (SSSR count). The van der Waals surface area contributed by atoms with Gasteiger partial charge in [-0.05, 0) is 48.4 Å². The normalized spacial score (nSPS) is 11.9. The van der Waals surface area contributed by atoms with Crippen molar-refractivity contribution in [3.05, 3.63) is 84.1 Å². The van der Waals surface area contributed by atoms with Crippen LogP contribution in [0.25, 0.3) is 10.9 Å². The molecule has 1 unspecified atom stereocenters. The average molecular weight is 612 g/mol. The molecule has 0 saturated carbocycles. The first kappa shape index (κ1) is 31.0. The molecule has 0 radical (unpaired) electrons. The van der Waals surface area contributed by atoms with Gasteiger partial charge in [0.05, 0.1) is 10.4 Å². The Hall–Kier alpha value is -4.92. The summed E-state index contributed by atoms with van der Waals surface area (Å²) in [5.41, 5.74) is 6.57. The van der Waals surface area contributed by atoms with Crippen LogP contribution in [0, 0.1) is 0 Å². The maximum absolute atomic E-state index is 13.0. The molecule has 43 heavy (non-hydrogen) atoms. The molecule has 13 nitrogen and oxygen atoms in total. The van der Waals surface area contributed by atoms with Crippen LogP contribution in [0.15, 0.2) is 77.7 Å². The number of aromatic amines is 1. The number of amides is 1. The van der Waals surface area contributed by atoms with Crippen LogP contribution in [0.3, 0.4) is 0 Å². The van der Waals surface area contributed by atoms with E-state index < -0.39 is 33.7 Å². The molecule has 0 aliphatic heterocycles. The van der Waals surface area contributed by atoms with Crippen molar-refractivity contribution < 1.29 is 47.1 Å². The number of hydrazine groups is 1. The average Bonchev–Trinajstić information content (AvgIpc) is 3.41. The Morgan fingerprint density at radius 3 is 2.30 bits per heavy atom. The van der Waals surface area contributed by atoms with Crippen LogP contribution in [0.2, 0.25) is 0 Å². The topological polar surface area (TPSA) is 171 Å². The third-order valence-corrected chi connectivity index (χ3v) is 7.08. The lowest BCUT2D eigenvalue weighted by atomic mass is 10.2. The molecular weight excluding hydrogens is 582 g/mol. The molecule has 14 heteroatoms. The summed E-state index contributed by atoms with van der Waals surface area (Å²) in [5.74, 6) is -1.16. The minimum Gasteiger partial charge on any atom is -0.487 e. The molecule has 1 atom stereocenters. The van der Waals surface area contributed by atoms with E-state index in [4.69, 9.17) is 9.47 Å². The minimum atomic E-state index is -3.36. The lowest BCUT2D eigenvalue weighted by Crippen LogP contribution is -2.48. The van der Waals surface area contributed by atoms with Gasteiger partial charge in [0.15, 0.2) is 9.84 Å². The van der Waals surface area contributed by atoms with Crippen molar-refractivity contribution in [2.75, 3.05) is 6.26 Å². The van der Waals surface area contributed by atoms with Gasteiger partial charge >= 0.3 is 11.9 Å². The number of sulfone groups is 1. The van der Waals surface area contributed by atoms with Gasteiger partial charge in [-0.1, -0.05) is 37.3 Å². The summed E-state index contributed by atoms with van der Waals surface area (Å²) in [4.78, 5) is 47.5. The molecule has 0 aliphatic carbocycles. The van der Waals surface area contributed by atoms with Crippen molar-refractivity contribution in [3.63, 3.8) is 0 Å². The first-order valence-corrected chi connectivity index (χ1v) is 14.9. The molecule has 1 amide bonds. The predicted molar refractivity (Wildman–Crippen MR) is 152 cm³/mol. The highest BCUT2D eigenvalue weighted by Crippen LogP contribution is 2.34. The Bertz CT molecular complexity index is 1700. The number of carbonyl (C=O) groups is 3. The molecule has 3 aromatic carbocycles. The first-order valence-electron chi connectivity index (χ1n) is 13.0. The summed E-state index contributed by atoms with van der Waals surface area (Å²) in [7, 11) is -3.36. The SMILES string of the molecule is CCC(NNC(=O)c1cc2cc(Oc3ccc(S(C)(=O)=O)cc3)cc(OCc3ccccc3)c2[nH]1)C(=O)OOOC(C)=O. The van der Waals surface area contributed by atoms with E-state index in [0.717, 1.165) is 18.7 Å². The number of aromatic nitrogens is 1. The Morgan fingerprint density at radius 1 is 0.930 bits per heavy atom. The predicted octanol–water partition coefficient (Wildman–Crippen LogP) is 3.91. The Kier molecular flexibility index (Phi) is 9.98. The highest BCUT2D eigenvalue weighted by atomic mass is 32.2. The third-order valence-electron chi connectivity index (χ3n) is 5.96. The Labute approximate surface area is 246 Å². The number of benzene rings is 3. The summed E-state index contributed by atoms with van der Waals surface area (Å²) in [6, 6.07) is 19.4. The molecule has 0 bridgehead atoms. The van der Waals surface area contributed by atoms with Crippen LogP contribution < -0.4 is 20.3 Å². The molecule has 226 valence electrons. The second kappa shape index (κ2) is 13.8. The van der Waals surface area contributed by atoms with Crippen LogP contribution in [-0.4, -0.2) is 43.5 Å². The lowest BCUT2D eigenvalue weighted by Gasteiger charge is -2.14. The van der Waals surface area contributed by atoms with E-state index >= 15 is 0 Å². The van der Waals surface area contributed by atoms with Crippen molar-refractivity contribution >= 4 is 38.6 Å². The summed E-state index contributed by atoms with van der Waals surface area (Å²) in [5, 5.41) is 4.69. The zero-order chi connectivity index (χ0) is 31.0. The number of H-pyrrole nitrogens is 1. The fourth-order valence-electron chi connectivity index (χ4n) is 3.81. The van der Waals surface area contributed by atoms with Crippen LogP contribution in [0.4, 0.5) is 0 Å². The number of hydrogen-bond acceptors (Lipinski definition) is 11. The summed E-state index contributed by atoms with van der Waals surface area (Å²) < 4.78 is 35.7. The molecule has 0 aliphatic rings. The number of hydrogen-bond donors (Lipinski definition) is 3. The van der Waals surface area contributed by atoms with Gasteiger partial charge in [0.1, 0.15) is 35.6 Å². The molecule has 0 saturated heterocycles. The number of ether oxygens (including phenoxy) is 2. The van der Waals surface area contributed by atoms with Gasteiger partial charge in [-0.2, -0.15) is 0 Å². The number of rotatable bonds is 13. The summed E-state index contributed by atoms with van der Waals surface area (Å²) >= 11 is 0. The first-order chi connectivity index (χ1) is 20.5. The van der Waals surface area contributed by atoms with Gasteiger partial charge < -0.3 is 14.5 Å². The number of carbonyl (C=O) groups excluding carboxylic acids is 3. The zero-order valence-corrected chi connectivity index (χ0v) is 24.2. The summed E-state index contributed by atoms with van der Waals surface area (Å²) in [6.07, 6.45) is 1.33. The van der Waals surface area contributed by atoms with Crippen molar-refractivity contribution in [1.82, 2.24) is 15.8 Å². The number of fused-ring (bicyclic) bond motifs is 1. The van der Waals surface area contributed by atoms with Crippen molar-refractivity contribution in [2.45, 2.75) is 37.8 Å². The Balaban J connectivity index is 1.54. The van der Waals surface area contributed by atoms with Gasteiger partial charge in [-0.3, -0.25) is 20.0 Å². The Morgan fingerprint density at radius 2 is 1.65 bits per heavy atom. The van der Waals surface area contributed by atoms with Crippen LogP contribution >= 0.6 is 0 Å². The van der Waals surface area contributed by atoms with Crippen LogP contribution in [0.1, 0.15) is 36.3 Å². The smallest absolute Gasteiger partial charge is 0.365 e. The standard InChI is InChI=1S/C29H29N3O10S/c1-4-24(29(35)41-42-40-18(2)33)31-32-28(34)25-15-20-14-22(39-21-10-12-23(13-11-21)43(3,36)37)16-26(27(20)30-25)38-17-19-8-6-5-7-9-19/h5-16,24,30-31H,4,17H2,1-3H3,(H,32,34). The lowest BCUT2D eigenvalue weighted by molar-refractivity contribution is -0.459. The monoisotopic (exact) mass is 611 g/mol. The highest BCUT2D eigenvalue weighted by Gasteiger charge is 2.22. The molecule has 4 aromatic rings. The molecule has 3 N–H and O–H groups in total. The van der Waals surface area contributed by atoms with E-state index in [0.29, 0.717) is 28.2 Å². The molecule has 0 spiro atoms. The van der Waals surface area contributed by atoms with Crippen molar-refractivity contribution in [1.29, 1.82) is 0 Å². The second-order valence-electron chi connectivity index (χ2n) is 9.29. The molecule has 1 aromatic heterocycles. The van der Waals surface area contributed by atoms with Gasteiger partial charge in [0, 0.05) is 29.7 Å². The quantitative estimate of drug-likeness (QED) is 0.148. The largest absolute Gasteiger partial charge is 0.487 e. The van der Waals surface area contributed by atoms with E-state index in [1.165, 1.54) is 12.1 Å². The van der Waals surface area contributed by atoms with Gasteiger partial charge in [0.2, 0.25) is 0 Å². The van der Waals surface area contributed by atoms with E-state index in [9.17, 15) is 22.8 Å².